The molecule has 0 aliphatic carbocycles. The highest BCUT2D eigenvalue weighted by molar-refractivity contribution is 7.86. The van der Waals surface area contributed by atoms with Crippen LogP contribution in [0.4, 0.5) is 0 Å². The Labute approximate surface area is 84.2 Å². The molecular weight excluding hydrogens is 227 g/mol. The highest BCUT2D eigenvalue weighted by atomic mass is 35.5. The van der Waals surface area contributed by atoms with Gasteiger partial charge in [0.25, 0.3) is 10.2 Å². The number of halogens is 2. The van der Waals surface area contributed by atoms with Crippen molar-refractivity contribution in [2.75, 3.05) is 26.3 Å². The average molecular weight is 239 g/mol. The lowest BCUT2D eigenvalue weighted by molar-refractivity contribution is 0.0730. The van der Waals surface area contributed by atoms with E-state index in [0.29, 0.717) is 26.3 Å². The van der Waals surface area contributed by atoms with Crippen LogP contribution in [0.25, 0.3) is 0 Å². The first-order valence-electron chi connectivity index (χ1n) is 2.96. The van der Waals surface area contributed by atoms with Gasteiger partial charge >= 0.3 is 0 Å². The molecule has 0 bridgehead atoms. The fourth-order valence-electron chi connectivity index (χ4n) is 0.801. The smallest absolute Gasteiger partial charge is 0.277 e. The molecule has 0 unspecified atom stereocenters. The van der Waals surface area contributed by atoms with Crippen LogP contribution in [0.2, 0.25) is 0 Å². The molecule has 1 heterocycles. The van der Waals surface area contributed by atoms with Gasteiger partial charge in [-0.1, -0.05) is 0 Å². The Morgan fingerprint density at radius 1 is 1.17 bits per heavy atom. The summed E-state index contributed by atoms with van der Waals surface area (Å²) in [6, 6.07) is 0. The van der Waals surface area contributed by atoms with E-state index in [0.717, 1.165) is 0 Å². The number of ether oxygens (including phenoxy) is 1. The normalized spacial score (nSPS) is 19.1. The molecule has 1 fully saturated rings. The maximum Gasteiger partial charge on any atom is 0.277 e. The van der Waals surface area contributed by atoms with E-state index < -0.39 is 10.2 Å². The fraction of sp³-hybridized carbons (Fsp3) is 1.00. The minimum absolute atomic E-state index is 0. The van der Waals surface area contributed by atoms with Gasteiger partial charge in [0.1, 0.15) is 0 Å². The second kappa shape index (κ2) is 5.95. The fourth-order valence-corrected chi connectivity index (χ4v) is 1.46. The zero-order valence-corrected chi connectivity index (χ0v) is 8.75. The number of nitrogens with zero attached hydrogens (tertiary/aromatic N) is 1. The molecule has 0 spiro atoms. The summed E-state index contributed by atoms with van der Waals surface area (Å²) in [6.45, 7) is 1.63. The molecule has 1 aliphatic heterocycles. The predicted molar refractivity (Wildman–Crippen MR) is 50.0 cm³/mol. The van der Waals surface area contributed by atoms with Gasteiger partial charge in [0.2, 0.25) is 0 Å². The number of hydrogen-bond acceptors (Lipinski definition) is 3. The quantitative estimate of drug-likeness (QED) is 0.661. The lowest BCUT2D eigenvalue weighted by atomic mass is 10.5. The van der Waals surface area contributed by atoms with Gasteiger partial charge in [-0.25, -0.2) is 5.14 Å². The van der Waals surface area contributed by atoms with E-state index in [4.69, 9.17) is 9.88 Å². The van der Waals surface area contributed by atoms with Crippen LogP contribution >= 0.6 is 24.8 Å². The number of nitrogens with two attached hydrogens (primary N) is 1. The minimum atomic E-state index is -3.47. The van der Waals surface area contributed by atoms with E-state index in [-0.39, 0.29) is 24.8 Å². The molecule has 0 aromatic rings. The van der Waals surface area contributed by atoms with Crippen molar-refractivity contribution in [3.8, 4) is 0 Å². The van der Waals surface area contributed by atoms with Crippen LogP contribution < -0.4 is 5.14 Å². The minimum Gasteiger partial charge on any atom is -0.379 e. The lowest BCUT2D eigenvalue weighted by Gasteiger charge is -2.23. The zero-order chi connectivity index (χ0) is 7.61. The van der Waals surface area contributed by atoms with Crippen LogP contribution in [0.15, 0.2) is 0 Å². The van der Waals surface area contributed by atoms with Crippen molar-refractivity contribution in [2.24, 2.45) is 5.14 Å². The third-order valence-electron chi connectivity index (χ3n) is 1.33. The Kier molecular flexibility index (Phi) is 7.40. The molecular formula is C4H12Cl2N2O3S. The first-order valence-corrected chi connectivity index (χ1v) is 4.46. The maximum absolute atomic E-state index is 10.6. The summed E-state index contributed by atoms with van der Waals surface area (Å²) in [5.41, 5.74) is 0. The molecule has 5 nitrogen and oxygen atoms in total. The van der Waals surface area contributed by atoms with Gasteiger partial charge in [-0.3, -0.25) is 0 Å². The summed E-state index contributed by atoms with van der Waals surface area (Å²) >= 11 is 0. The molecule has 0 atom stereocenters. The molecule has 1 rings (SSSR count). The highest BCUT2D eigenvalue weighted by Gasteiger charge is 2.19. The van der Waals surface area contributed by atoms with Crippen LogP contribution in [-0.4, -0.2) is 39.0 Å². The van der Waals surface area contributed by atoms with Crippen molar-refractivity contribution in [3.05, 3.63) is 0 Å². The molecule has 0 saturated carbocycles. The van der Waals surface area contributed by atoms with E-state index in [9.17, 15) is 8.42 Å². The van der Waals surface area contributed by atoms with Gasteiger partial charge in [0.15, 0.2) is 0 Å². The van der Waals surface area contributed by atoms with Crippen LogP contribution in [0.3, 0.4) is 0 Å². The summed E-state index contributed by atoms with van der Waals surface area (Å²) in [6.07, 6.45) is 0. The topological polar surface area (TPSA) is 72.6 Å². The van der Waals surface area contributed by atoms with Crippen molar-refractivity contribution in [3.63, 3.8) is 0 Å². The molecule has 0 aromatic heterocycles. The van der Waals surface area contributed by atoms with Crippen molar-refractivity contribution in [1.29, 1.82) is 0 Å². The maximum atomic E-state index is 10.6. The molecule has 0 radical (unpaired) electrons. The summed E-state index contributed by atoms with van der Waals surface area (Å²) in [5, 5.41) is 4.85. The first-order chi connectivity index (χ1) is 4.61. The third-order valence-corrected chi connectivity index (χ3v) is 2.41. The Morgan fingerprint density at radius 2 is 1.58 bits per heavy atom. The van der Waals surface area contributed by atoms with Crippen LogP contribution in [0.1, 0.15) is 0 Å². The van der Waals surface area contributed by atoms with Crippen LogP contribution in [0.5, 0.6) is 0 Å². The molecule has 76 valence electrons. The molecule has 0 amide bonds. The van der Waals surface area contributed by atoms with Gasteiger partial charge in [0, 0.05) is 13.1 Å². The van der Waals surface area contributed by atoms with Crippen LogP contribution in [-0.2, 0) is 14.9 Å². The second-order valence-electron chi connectivity index (χ2n) is 2.06. The van der Waals surface area contributed by atoms with E-state index >= 15 is 0 Å². The van der Waals surface area contributed by atoms with E-state index in [1.807, 2.05) is 0 Å². The average Bonchev–Trinajstić information content (AvgIpc) is 1.88. The monoisotopic (exact) mass is 238 g/mol. The summed E-state index contributed by atoms with van der Waals surface area (Å²) in [7, 11) is -3.47. The van der Waals surface area contributed by atoms with Gasteiger partial charge in [0.05, 0.1) is 13.2 Å². The highest BCUT2D eigenvalue weighted by Crippen LogP contribution is 1.99. The molecule has 1 aliphatic rings. The molecule has 0 aromatic carbocycles. The number of hydrogen-bond donors (Lipinski definition) is 1. The summed E-state index contributed by atoms with van der Waals surface area (Å²) in [4.78, 5) is 0. The standard InChI is InChI=1S/C4H10N2O3S.2ClH/c5-10(7,8)6-1-3-9-4-2-6;;/h1-4H2,(H2,5,7,8);2*1H. The van der Waals surface area contributed by atoms with E-state index in [1.54, 1.807) is 0 Å². The zero-order valence-electron chi connectivity index (χ0n) is 6.30. The largest absolute Gasteiger partial charge is 0.379 e. The molecule has 8 heteroatoms. The SMILES string of the molecule is Cl.Cl.NS(=O)(=O)N1CCOCC1. The van der Waals surface area contributed by atoms with Gasteiger partial charge in [-0.05, 0) is 0 Å². The molecule has 2 N–H and O–H groups in total. The Bertz CT molecular complexity index is 202. The van der Waals surface area contributed by atoms with E-state index in [2.05, 4.69) is 0 Å². The van der Waals surface area contributed by atoms with Crippen molar-refractivity contribution in [2.45, 2.75) is 0 Å². The van der Waals surface area contributed by atoms with E-state index in [1.165, 1.54) is 4.31 Å². The number of rotatable bonds is 1. The summed E-state index contributed by atoms with van der Waals surface area (Å²) < 4.78 is 27.4. The predicted octanol–water partition coefficient (Wildman–Crippen LogP) is -0.634. The Balaban J connectivity index is 0. The molecule has 1 saturated heterocycles. The Hall–Kier alpha value is 0.410. The molecule has 12 heavy (non-hydrogen) atoms. The third kappa shape index (κ3) is 4.44. The van der Waals surface area contributed by atoms with Crippen molar-refractivity contribution >= 4 is 35.0 Å². The van der Waals surface area contributed by atoms with Gasteiger partial charge in [-0.2, -0.15) is 12.7 Å². The first kappa shape index (κ1) is 14.9. The van der Waals surface area contributed by atoms with Gasteiger partial charge in [-0.15, -0.1) is 24.8 Å². The van der Waals surface area contributed by atoms with Gasteiger partial charge < -0.3 is 4.74 Å². The lowest BCUT2D eigenvalue weighted by Crippen LogP contribution is -2.44. The Morgan fingerprint density at radius 3 is 1.83 bits per heavy atom. The van der Waals surface area contributed by atoms with Crippen LogP contribution in [0, 0.1) is 0 Å². The van der Waals surface area contributed by atoms with Crippen molar-refractivity contribution < 1.29 is 13.2 Å². The number of morpholine rings is 1. The second-order valence-corrected chi connectivity index (χ2v) is 3.60. The van der Waals surface area contributed by atoms with Crippen molar-refractivity contribution in [1.82, 2.24) is 4.31 Å². The summed E-state index contributed by atoms with van der Waals surface area (Å²) in [5.74, 6) is 0.